The topological polar surface area (TPSA) is 15.3 Å². The van der Waals surface area contributed by atoms with Crippen molar-refractivity contribution in [3.63, 3.8) is 0 Å². The molecule has 1 aromatic rings. The molecule has 0 amide bonds. The molecule has 18 heavy (non-hydrogen) atoms. The van der Waals surface area contributed by atoms with Crippen LogP contribution in [0.2, 0.25) is 0 Å². The summed E-state index contributed by atoms with van der Waals surface area (Å²) < 4.78 is 2.47. The van der Waals surface area contributed by atoms with Gasteiger partial charge in [0.1, 0.15) is 0 Å². The first-order valence-electron chi connectivity index (χ1n) is 6.39. The van der Waals surface area contributed by atoms with Crippen LogP contribution in [0, 0.1) is 3.57 Å². The van der Waals surface area contributed by atoms with E-state index in [0.29, 0.717) is 6.04 Å². The maximum atomic E-state index is 3.71. The normalized spacial score (nSPS) is 23.2. The molecule has 0 bridgehead atoms. The fourth-order valence-electron chi connectivity index (χ4n) is 2.48. The number of piperazine rings is 1. The highest BCUT2D eigenvalue weighted by atomic mass is 127. The summed E-state index contributed by atoms with van der Waals surface area (Å²) in [6.07, 6.45) is 1.17. The van der Waals surface area contributed by atoms with Crippen molar-refractivity contribution in [3.05, 3.63) is 26.2 Å². The minimum Gasteiger partial charge on any atom is -0.365 e. The molecule has 0 saturated carbocycles. The average Bonchev–Trinajstić information content (AvgIpc) is 2.28. The third kappa shape index (κ3) is 3.20. The number of benzene rings is 1. The number of nitrogens with one attached hydrogen (secondary N) is 1. The van der Waals surface area contributed by atoms with Crippen LogP contribution in [-0.2, 0) is 0 Å². The van der Waals surface area contributed by atoms with Gasteiger partial charge >= 0.3 is 0 Å². The molecule has 2 rings (SSSR count). The summed E-state index contributed by atoms with van der Waals surface area (Å²) in [5.74, 6) is 0. The van der Waals surface area contributed by atoms with Crippen LogP contribution in [0.3, 0.4) is 0 Å². The molecule has 1 aromatic carbocycles. The van der Waals surface area contributed by atoms with Crippen LogP contribution in [-0.4, -0.2) is 24.7 Å². The highest BCUT2D eigenvalue weighted by Gasteiger charge is 2.32. The molecule has 1 unspecified atom stereocenters. The van der Waals surface area contributed by atoms with Gasteiger partial charge in [0.05, 0.1) is 5.69 Å². The van der Waals surface area contributed by atoms with Crippen LogP contribution in [0.4, 0.5) is 5.69 Å². The van der Waals surface area contributed by atoms with Crippen LogP contribution in [0.5, 0.6) is 0 Å². The summed E-state index contributed by atoms with van der Waals surface area (Å²) in [7, 11) is 0. The van der Waals surface area contributed by atoms with E-state index < -0.39 is 0 Å². The Balaban J connectivity index is 2.32. The zero-order valence-electron chi connectivity index (χ0n) is 11.1. The summed E-state index contributed by atoms with van der Waals surface area (Å²) in [5, 5.41) is 3.63. The van der Waals surface area contributed by atoms with E-state index in [1.165, 1.54) is 20.2 Å². The van der Waals surface area contributed by atoms with Crippen molar-refractivity contribution >= 4 is 44.2 Å². The molecule has 2 nitrogen and oxygen atoms in total. The van der Waals surface area contributed by atoms with Gasteiger partial charge in [-0.1, -0.05) is 6.92 Å². The predicted molar refractivity (Wildman–Crippen MR) is 90.4 cm³/mol. The molecular weight excluding hydrogens is 403 g/mol. The van der Waals surface area contributed by atoms with Crippen LogP contribution in [0.1, 0.15) is 27.2 Å². The minimum atomic E-state index is 0.175. The Morgan fingerprint density at radius 3 is 2.83 bits per heavy atom. The molecule has 0 radical (unpaired) electrons. The summed E-state index contributed by atoms with van der Waals surface area (Å²) in [6, 6.07) is 7.19. The van der Waals surface area contributed by atoms with Gasteiger partial charge in [0, 0.05) is 32.7 Å². The van der Waals surface area contributed by atoms with Gasteiger partial charge in [-0.25, -0.2) is 0 Å². The van der Waals surface area contributed by atoms with Crippen LogP contribution >= 0.6 is 38.5 Å². The molecule has 4 heteroatoms. The van der Waals surface area contributed by atoms with Crippen LogP contribution in [0.25, 0.3) is 0 Å². The molecule has 1 fully saturated rings. The molecule has 1 heterocycles. The van der Waals surface area contributed by atoms with Crippen molar-refractivity contribution in [2.24, 2.45) is 0 Å². The molecule has 1 saturated heterocycles. The fourth-order valence-corrected chi connectivity index (χ4v) is 4.00. The first-order chi connectivity index (χ1) is 8.43. The number of anilines is 1. The smallest absolute Gasteiger partial charge is 0.0514 e. The second kappa shape index (κ2) is 5.67. The summed E-state index contributed by atoms with van der Waals surface area (Å²) >= 11 is 6.06. The number of hydrogen-bond donors (Lipinski definition) is 1. The van der Waals surface area contributed by atoms with Gasteiger partial charge in [-0.15, -0.1) is 0 Å². The average molecular weight is 423 g/mol. The van der Waals surface area contributed by atoms with E-state index in [9.17, 15) is 0 Å². The highest BCUT2D eigenvalue weighted by molar-refractivity contribution is 14.1. The van der Waals surface area contributed by atoms with Gasteiger partial charge in [-0.2, -0.15) is 0 Å². The van der Waals surface area contributed by atoms with Gasteiger partial charge in [0.15, 0.2) is 0 Å². The van der Waals surface area contributed by atoms with E-state index in [1.54, 1.807) is 0 Å². The maximum absolute atomic E-state index is 3.71. The molecule has 0 aromatic heterocycles. The SMILES string of the molecule is CCC1CNC(C)(C)CN1c1ccc(I)cc1Br. The Morgan fingerprint density at radius 1 is 1.50 bits per heavy atom. The third-order valence-electron chi connectivity index (χ3n) is 3.51. The third-order valence-corrected chi connectivity index (χ3v) is 4.82. The number of halogens is 2. The molecule has 1 atom stereocenters. The Bertz CT molecular complexity index is 434. The second-order valence-corrected chi connectivity index (χ2v) is 7.65. The Hall–Kier alpha value is 0.190. The fraction of sp³-hybridized carbons (Fsp3) is 0.571. The Morgan fingerprint density at radius 2 is 2.22 bits per heavy atom. The molecule has 1 aliphatic heterocycles. The van der Waals surface area contributed by atoms with Gasteiger partial charge in [-0.3, -0.25) is 0 Å². The molecule has 0 spiro atoms. The van der Waals surface area contributed by atoms with Crippen molar-refractivity contribution in [1.29, 1.82) is 0 Å². The van der Waals surface area contributed by atoms with E-state index in [-0.39, 0.29) is 5.54 Å². The van der Waals surface area contributed by atoms with Crippen molar-refractivity contribution in [2.75, 3.05) is 18.0 Å². The van der Waals surface area contributed by atoms with Crippen LogP contribution < -0.4 is 10.2 Å². The highest BCUT2D eigenvalue weighted by Crippen LogP contribution is 2.32. The van der Waals surface area contributed by atoms with E-state index in [1.807, 2.05) is 0 Å². The van der Waals surface area contributed by atoms with E-state index >= 15 is 0 Å². The predicted octanol–water partition coefficient (Wildman–Crippen LogP) is 4.02. The monoisotopic (exact) mass is 422 g/mol. The molecule has 1 N–H and O–H groups in total. The maximum Gasteiger partial charge on any atom is 0.0514 e. The first kappa shape index (κ1) is 14.6. The zero-order chi connectivity index (χ0) is 13.3. The number of nitrogens with zero attached hydrogens (tertiary/aromatic N) is 1. The molecule has 100 valence electrons. The van der Waals surface area contributed by atoms with E-state index in [2.05, 4.69) is 87.7 Å². The lowest BCUT2D eigenvalue weighted by atomic mass is 9.97. The lowest BCUT2D eigenvalue weighted by Gasteiger charge is -2.46. The van der Waals surface area contributed by atoms with Crippen molar-refractivity contribution in [1.82, 2.24) is 5.32 Å². The number of hydrogen-bond acceptors (Lipinski definition) is 2. The van der Waals surface area contributed by atoms with Gasteiger partial charge in [0.2, 0.25) is 0 Å². The lowest BCUT2D eigenvalue weighted by molar-refractivity contribution is 0.306. The van der Waals surface area contributed by atoms with Gasteiger partial charge < -0.3 is 10.2 Å². The molecule has 1 aliphatic rings. The Labute approximate surface area is 132 Å². The minimum absolute atomic E-state index is 0.175. The van der Waals surface area contributed by atoms with Crippen molar-refractivity contribution < 1.29 is 0 Å². The summed E-state index contributed by atoms with van der Waals surface area (Å²) in [6.45, 7) is 8.91. The molecular formula is C14H20BrIN2. The van der Waals surface area contributed by atoms with Crippen molar-refractivity contribution in [2.45, 2.75) is 38.8 Å². The quantitative estimate of drug-likeness (QED) is 0.724. The molecule has 0 aliphatic carbocycles. The van der Waals surface area contributed by atoms with Gasteiger partial charge in [0.25, 0.3) is 0 Å². The lowest BCUT2D eigenvalue weighted by Crippen LogP contribution is -2.61. The standard InChI is InChI=1S/C14H20BrIN2/c1-4-11-8-17-14(2,3)9-18(11)13-6-5-10(16)7-12(13)15/h5-7,11,17H,4,8-9H2,1-3H3. The largest absolute Gasteiger partial charge is 0.365 e. The zero-order valence-corrected chi connectivity index (χ0v) is 14.9. The van der Waals surface area contributed by atoms with Crippen molar-refractivity contribution in [3.8, 4) is 0 Å². The summed E-state index contributed by atoms with van der Waals surface area (Å²) in [5.41, 5.74) is 1.49. The summed E-state index contributed by atoms with van der Waals surface area (Å²) in [4.78, 5) is 2.54. The van der Waals surface area contributed by atoms with E-state index in [4.69, 9.17) is 0 Å². The van der Waals surface area contributed by atoms with Gasteiger partial charge in [-0.05, 0) is 77.0 Å². The van der Waals surface area contributed by atoms with Crippen LogP contribution in [0.15, 0.2) is 22.7 Å². The second-order valence-electron chi connectivity index (χ2n) is 5.55. The number of rotatable bonds is 2. The van der Waals surface area contributed by atoms with E-state index in [0.717, 1.165) is 13.1 Å². The first-order valence-corrected chi connectivity index (χ1v) is 8.27. The Kier molecular flexibility index (Phi) is 4.60.